The molecule has 0 radical (unpaired) electrons. The first-order valence-electron chi connectivity index (χ1n) is 16.2. The molecular weight excluding hydrogens is 544 g/mol. The highest BCUT2D eigenvalue weighted by Crippen LogP contribution is 2.51. The van der Waals surface area contributed by atoms with Crippen LogP contribution in [0, 0.1) is 13.8 Å². The molecule has 0 saturated carbocycles. The van der Waals surface area contributed by atoms with Crippen LogP contribution in [0.4, 0.5) is 22.7 Å². The van der Waals surface area contributed by atoms with Gasteiger partial charge in [0.2, 0.25) is 0 Å². The second kappa shape index (κ2) is 13.0. The molecule has 1 atom stereocenters. The van der Waals surface area contributed by atoms with Crippen molar-refractivity contribution in [2.75, 3.05) is 16.3 Å². The minimum absolute atomic E-state index is 0.279. The van der Waals surface area contributed by atoms with Gasteiger partial charge >= 0.3 is 0 Å². The molecule has 4 aromatic rings. The van der Waals surface area contributed by atoms with Crippen LogP contribution < -0.4 is 9.80 Å². The number of rotatable bonds is 9. The number of hydrogen-bond acceptors (Lipinski definition) is 2. The highest BCUT2D eigenvalue weighted by Gasteiger charge is 2.32. The normalized spacial score (nSPS) is 16.0. The van der Waals surface area contributed by atoms with Crippen LogP contribution in [0.15, 0.2) is 145 Å². The smallest absolute Gasteiger partial charge is 0.0463 e. The van der Waals surface area contributed by atoms with E-state index >= 15 is 0 Å². The van der Waals surface area contributed by atoms with E-state index in [0.29, 0.717) is 0 Å². The molecule has 2 aliphatic carbocycles. The average Bonchev–Trinajstić information content (AvgIpc) is 3.36. The molecule has 226 valence electrons. The highest BCUT2D eigenvalue weighted by atomic mass is 15.2. The zero-order valence-corrected chi connectivity index (χ0v) is 27.3. The van der Waals surface area contributed by atoms with E-state index in [1.165, 1.54) is 44.5 Å². The molecule has 0 fully saturated rings. The monoisotopic (exact) mass is 588 g/mol. The van der Waals surface area contributed by atoms with Crippen LogP contribution in [0.1, 0.15) is 67.3 Å². The van der Waals surface area contributed by atoms with E-state index < -0.39 is 0 Å². The number of hydrogen-bond donors (Lipinski definition) is 0. The molecule has 0 aliphatic heterocycles. The van der Waals surface area contributed by atoms with Crippen LogP contribution in [0.2, 0.25) is 0 Å². The summed E-state index contributed by atoms with van der Waals surface area (Å²) in [4.78, 5) is 4.67. The molecule has 2 nitrogen and oxygen atoms in total. The van der Waals surface area contributed by atoms with E-state index in [9.17, 15) is 0 Å². The second-order valence-electron chi connectivity index (χ2n) is 12.3. The van der Waals surface area contributed by atoms with E-state index in [0.717, 1.165) is 47.8 Å². The van der Waals surface area contributed by atoms with Gasteiger partial charge in [-0.3, -0.25) is 0 Å². The van der Waals surface area contributed by atoms with Gasteiger partial charge in [-0.25, -0.2) is 0 Å². The van der Waals surface area contributed by atoms with E-state index in [1.54, 1.807) is 0 Å². The Bertz CT molecular complexity index is 1810. The number of fused-ring (bicyclic) bond motifs is 2. The lowest BCUT2D eigenvalue weighted by Crippen LogP contribution is -2.21. The average molecular weight is 589 g/mol. The van der Waals surface area contributed by atoms with Crippen LogP contribution in [0.5, 0.6) is 0 Å². The Balaban J connectivity index is 1.39. The number of anilines is 4. The summed E-state index contributed by atoms with van der Waals surface area (Å²) in [5, 5.41) is 0. The predicted molar refractivity (Wildman–Crippen MR) is 195 cm³/mol. The molecule has 0 saturated heterocycles. The fraction of sp³-hybridized carbons (Fsp3) is 0.209. The third-order valence-corrected chi connectivity index (χ3v) is 9.12. The van der Waals surface area contributed by atoms with Gasteiger partial charge in [0.1, 0.15) is 0 Å². The minimum atomic E-state index is 0.279. The van der Waals surface area contributed by atoms with E-state index in [-0.39, 0.29) is 5.92 Å². The van der Waals surface area contributed by atoms with E-state index in [1.807, 2.05) is 13.0 Å². The lowest BCUT2D eigenvalue weighted by Gasteiger charge is -2.28. The molecule has 1 unspecified atom stereocenters. The molecule has 2 heteroatoms. The minimum Gasteiger partial charge on any atom is -0.342 e. The SMILES string of the molecule is C=C/C=C(\C=C/C)N(CC)c1ccc(N(c2ccc(C)cc2)c2ccc(C3C4=C(CCC(C)=C4)c4ccc(C)cc43)cc2)cc1. The molecule has 45 heavy (non-hydrogen) atoms. The quantitative estimate of drug-likeness (QED) is 0.179. The van der Waals surface area contributed by atoms with Crippen LogP contribution in [-0.4, -0.2) is 6.54 Å². The topological polar surface area (TPSA) is 6.48 Å². The summed E-state index contributed by atoms with van der Waals surface area (Å²) in [6, 6.07) is 34.0. The first-order valence-corrected chi connectivity index (χ1v) is 16.2. The zero-order valence-electron chi connectivity index (χ0n) is 27.3. The maximum atomic E-state index is 3.92. The molecule has 0 spiro atoms. The van der Waals surface area contributed by atoms with Crippen molar-refractivity contribution < 1.29 is 0 Å². The summed E-state index contributed by atoms with van der Waals surface area (Å²) in [5.74, 6) is 0.279. The molecule has 0 heterocycles. The van der Waals surface area contributed by atoms with Gasteiger partial charge in [0, 0.05) is 40.9 Å². The number of benzene rings is 4. The molecule has 0 aromatic heterocycles. The fourth-order valence-electron chi connectivity index (χ4n) is 6.94. The molecule has 2 aliphatic rings. The molecule has 6 rings (SSSR count). The summed E-state index contributed by atoms with van der Waals surface area (Å²) in [6.07, 6.45) is 12.9. The maximum absolute atomic E-state index is 3.92. The standard InChI is InChI=1S/C43H44N2/c1-7-10-34(11-8-2)44(9-3)35-22-24-38(25-23-35)45(36-18-12-30(4)13-19-36)37-20-16-33(17-21-37)43-41-28-31(5)14-26-39(41)40-27-15-32(6)29-42(40)43/h7-8,10-14,16-26,28-29,43H,1,9,15,27H2,2-6H3/b11-8-,34-10+. The lowest BCUT2D eigenvalue weighted by molar-refractivity contribution is 0.936. The maximum Gasteiger partial charge on any atom is 0.0463 e. The van der Waals surface area contributed by atoms with Gasteiger partial charge in [0.05, 0.1) is 0 Å². The van der Waals surface area contributed by atoms with E-state index in [2.05, 4.69) is 159 Å². The number of nitrogens with zero attached hydrogens (tertiary/aromatic N) is 2. The lowest BCUT2D eigenvalue weighted by atomic mass is 9.85. The summed E-state index contributed by atoms with van der Waals surface area (Å²) in [6.45, 7) is 15.6. The van der Waals surface area contributed by atoms with Crippen molar-refractivity contribution in [2.24, 2.45) is 0 Å². The van der Waals surface area contributed by atoms with Crippen molar-refractivity contribution in [3.63, 3.8) is 0 Å². The molecule has 4 aromatic carbocycles. The first kappa shape index (κ1) is 30.2. The Morgan fingerprint density at radius 3 is 2.00 bits per heavy atom. The van der Waals surface area contributed by atoms with Gasteiger partial charge in [0.25, 0.3) is 0 Å². The number of allylic oxidation sites excluding steroid dienone is 8. The van der Waals surface area contributed by atoms with Crippen molar-refractivity contribution >= 4 is 28.3 Å². The van der Waals surface area contributed by atoms with Crippen LogP contribution >= 0.6 is 0 Å². The Hall–Kier alpha value is -4.82. The molecule has 0 N–H and O–H groups in total. The molecule has 0 bridgehead atoms. The highest BCUT2D eigenvalue weighted by molar-refractivity contribution is 5.84. The number of aryl methyl sites for hydroxylation is 2. The molecule has 0 amide bonds. The molecular formula is C43H44N2. The third-order valence-electron chi connectivity index (χ3n) is 9.12. The van der Waals surface area contributed by atoms with Gasteiger partial charge in [-0.15, -0.1) is 0 Å². The van der Waals surface area contributed by atoms with E-state index in [4.69, 9.17) is 0 Å². The number of likely N-dealkylation sites (N-methyl/N-ethyl adjacent to an activating group) is 1. The van der Waals surface area contributed by atoms with Crippen molar-refractivity contribution in [3.8, 4) is 0 Å². The van der Waals surface area contributed by atoms with Gasteiger partial charge in [-0.05, 0) is 136 Å². The third kappa shape index (κ3) is 5.98. The predicted octanol–water partition coefficient (Wildman–Crippen LogP) is 11.9. The summed E-state index contributed by atoms with van der Waals surface area (Å²) < 4.78 is 0. The van der Waals surface area contributed by atoms with Crippen molar-refractivity contribution in [3.05, 3.63) is 173 Å². The van der Waals surface area contributed by atoms with Crippen molar-refractivity contribution in [2.45, 2.75) is 53.4 Å². The Morgan fingerprint density at radius 2 is 1.38 bits per heavy atom. The van der Waals surface area contributed by atoms with Gasteiger partial charge in [-0.1, -0.05) is 84.0 Å². The van der Waals surface area contributed by atoms with Crippen LogP contribution in [-0.2, 0) is 0 Å². The van der Waals surface area contributed by atoms with Gasteiger partial charge in [0.15, 0.2) is 0 Å². The fourth-order valence-corrected chi connectivity index (χ4v) is 6.94. The largest absolute Gasteiger partial charge is 0.342 e. The van der Waals surface area contributed by atoms with Crippen molar-refractivity contribution in [1.29, 1.82) is 0 Å². The Kier molecular flexibility index (Phi) is 8.76. The van der Waals surface area contributed by atoms with Crippen molar-refractivity contribution in [1.82, 2.24) is 0 Å². The first-order chi connectivity index (χ1) is 21.9. The summed E-state index contributed by atoms with van der Waals surface area (Å²) in [5.41, 5.74) is 17.0. The second-order valence-corrected chi connectivity index (χ2v) is 12.3. The summed E-state index contributed by atoms with van der Waals surface area (Å²) >= 11 is 0. The van der Waals surface area contributed by atoms with Crippen LogP contribution in [0.3, 0.4) is 0 Å². The van der Waals surface area contributed by atoms with Gasteiger partial charge < -0.3 is 9.80 Å². The summed E-state index contributed by atoms with van der Waals surface area (Å²) in [7, 11) is 0. The van der Waals surface area contributed by atoms with Gasteiger partial charge in [-0.2, -0.15) is 0 Å². The van der Waals surface area contributed by atoms with Crippen LogP contribution in [0.25, 0.3) is 5.57 Å². The Labute approximate surface area is 270 Å². The zero-order chi connectivity index (χ0) is 31.5. The Morgan fingerprint density at radius 1 is 0.778 bits per heavy atom.